The van der Waals surface area contributed by atoms with Crippen LogP contribution in [0, 0.1) is 11.7 Å². The first kappa shape index (κ1) is 18.3. The van der Waals surface area contributed by atoms with Crippen LogP contribution in [-0.2, 0) is 6.61 Å². The first-order chi connectivity index (χ1) is 12.0. The highest BCUT2D eigenvalue weighted by molar-refractivity contribution is 9.10. The molecule has 0 aliphatic carbocycles. The molecule has 1 fully saturated rings. The van der Waals surface area contributed by atoms with Gasteiger partial charge in [0.05, 0.1) is 5.56 Å². The molecule has 25 heavy (non-hydrogen) atoms. The fraction of sp³-hybridized carbons (Fsp3) is 0.350. The minimum absolute atomic E-state index is 0.182. The van der Waals surface area contributed by atoms with Crippen molar-refractivity contribution in [3.8, 4) is 5.75 Å². The molecule has 132 valence electrons. The van der Waals surface area contributed by atoms with Crippen molar-refractivity contribution in [1.29, 1.82) is 0 Å². The van der Waals surface area contributed by atoms with Gasteiger partial charge in [-0.3, -0.25) is 0 Å². The van der Waals surface area contributed by atoms with Crippen molar-refractivity contribution in [3.05, 3.63) is 63.9 Å². The van der Waals surface area contributed by atoms with Gasteiger partial charge in [-0.2, -0.15) is 0 Å². The van der Waals surface area contributed by atoms with E-state index < -0.39 is 0 Å². The van der Waals surface area contributed by atoms with Gasteiger partial charge in [0, 0.05) is 23.1 Å². The maximum atomic E-state index is 13.8. The standard InChI is InChI=1S/C20H21BrFNOS/c1-14-8-10-23(11-9-14)20(25)17-12-16(21)6-7-19(17)24-13-15-4-2-3-5-18(15)22/h2-7,12,14H,8-11,13H2,1H3. The average Bonchev–Trinajstić information content (AvgIpc) is 2.62. The molecule has 1 aliphatic heterocycles. The van der Waals surface area contributed by atoms with Crippen LogP contribution in [0.15, 0.2) is 46.9 Å². The summed E-state index contributed by atoms with van der Waals surface area (Å²) in [4.78, 5) is 3.05. The maximum Gasteiger partial charge on any atom is 0.130 e. The Bertz CT molecular complexity index is 759. The van der Waals surface area contributed by atoms with E-state index in [-0.39, 0.29) is 12.4 Å². The molecule has 2 aromatic carbocycles. The third-order valence-corrected chi connectivity index (χ3v) is 5.56. The molecule has 2 aromatic rings. The Balaban J connectivity index is 1.78. The molecule has 0 spiro atoms. The van der Waals surface area contributed by atoms with Crippen molar-refractivity contribution in [2.75, 3.05) is 13.1 Å². The van der Waals surface area contributed by atoms with Gasteiger partial charge in [0.25, 0.3) is 0 Å². The Kier molecular flexibility index (Phi) is 6.07. The summed E-state index contributed by atoms with van der Waals surface area (Å²) >= 11 is 9.25. The van der Waals surface area contributed by atoms with E-state index in [2.05, 4.69) is 27.8 Å². The van der Waals surface area contributed by atoms with Crippen molar-refractivity contribution in [3.63, 3.8) is 0 Å². The lowest BCUT2D eigenvalue weighted by Gasteiger charge is -2.33. The molecule has 5 heteroatoms. The van der Waals surface area contributed by atoms with Gasteiger partial charge < -0.3 is 9.64 Å². The quantitative estimate of drug-likeness (QED) is 0.598. The Hall–Kier alpha value is -1.46. The van der Waals surface area contributed by atoms with Gasteiger partial charge in [-0.05, 0) is 43.0 Å². The smallest absolute Gasteiger partial charge is 0.130 e. The molecular formula is C20H21BrFNOS. The molecule has 0 saturated carbocycles. The summed E-state index contributed by atoms with van der Waals surface area (Å²) in [6, 6.07) is 12.5. The van der Waals surface area contributed by atoms with Crippen LogP contribution in [0.4, 0.5) is 4.39 Å². The molecule has 3 rings (SSSR count). The van der Waals surface area contributed by atoms with E-state index >= 15 is 0 Å². The first-order valence-electron chi connectivity index (χ1n) is 8.49. The van der Waals surface area contributed by atoms with Crippen LogP contribution in [0.1, 0.15) is 30.9 Å². The van der Waals surface area contributed by atoms with Crippen molar-refractivity contribution < 1.29 is 9.13 Å². The number of piperidine rings is 1. The van der Waals surface area contributed by atoms with E-state index in [1.165, 1.54) is 6.07 Å². The van der Waals surface area contributed by atoms with Crippen LogP contribution in [0.5, 0.6) is 5.75 Å². The first-order valence-corrected chi connectivity index (χ1v) is 9.69. The summed E-state index contributed by atoms with van der Waals surface area (Å²) in [7, 11) is 0. The van der Waals surface area contributed by atoms with Crippen LogP contribution in [0.3, 0.4) is 0 Å². The van der Waals surface area contributed by atoms with Crippen LogP contribution in [-0.4, -0.2) is 23.0 Å². The predicted molar refractivity (Wildman–Crippen MR) is 107 cm³/mol. The monoisotopic (exact) mass is 421 g/mol. The topological polar surface area (TPSA) is 12.5 Å². The van der Waals surface area contributed by atoms with Crippen LogP contribution in [0.2, 0.25) is 0 Å². The van der Waals surface area contributed by atoms with Gasteiger partial charge in [-0.25, -0.2) is 4.39 Å². The third-order valence-electron chi connectivity index (χ3n) is 4.58. The van der Waals surface area contributed by atoms with E-state index in [4.69, 9.17) is 17.0 Å². The van der Waals surface area contributed by atoms with Gasteiger partial charge in [0.15, 0.2) is 0 Å². The summed E-state index contributed by atoms with van der Waals surface area (Å²) in [6.45, 7) is 4.40. The summed E-state index contributed by atoms with van der Waals surface area (Å²) in [6.07, 6.45) is 2.30. The number of hydrogen-bond donors (Lipinski definition) is 0. The summed E-state index contributed by atoms with van der Waals surface area (Å²) in [5.41, 5.74) is 1.42. The van der Waals surface area contributed by atoms with Crippen molar-refractivity contribution in [1.82, 2.24) is 4.90 Å². The molecule has 0 aromatic heterocycles. The fourth-order valence-electron chi connectivity index (χ4n) is 2.95. The Morgan fingerprint density at radius 1 is 1.24 bits per heavy atom. The third kappa shape index (κ3) is 4.59. The lowest BCUT2D eigenvalue weighted by molar-refractivity contribution is 0.280. The molecule has 0 unspecified atom stereocenters. The molecule has 1 aliphatic rings. The second-order valence-corrected chi connectivity index (χ2v) is 7.80. The molecule has 0 atom stereocenters. The lowest BCUT2D eigenvalue weighted by Crippen LogP contribution is -2.37. The predicted octanol–water partition coefficient (Wildman–Crippen LogP) is 5.57. The van der Waals surface area contributed by atoms with Gasteiger partial charge in [-0.1, -0.05) is 53.3 Å². The van der Waals surface area contributed by atoms with Crippen molar-refractivity contribution in [2.24, 2.45) is 5.92 Å². The highest BCUT2D eigenvalue weighted by Crippen LogP contribution is 2.28. The average molecular weight is 422 g/mol. The second-order valence-electron chi connectivity index (χ2n) is 6.50. The summed E-state index contributed by atoms with van der Waals surface area (Å²) in [5, 5.41) is 0. The second kappa shape index (κ2) is 8.28. The number of benzene rings is 2. The normalized spacial score (nSPS) is 15.2. The fourth-order valence-corrected chi connectivity index (χ4v) is 3.65. The molecule has 0 amide bonds. The Morgan fingerprint density at radius 3 is 2.68 bits per heavy atom. The van der Waals surface area contributed by atoms with Crippen LogP contribution in [0.25, 0.3) is 0 Å². The molecule has 0 N–H and O–H groups in total. The Labute approximate surface area is 162 Å². The highest BCUT2D eigenvalue weighted by atomic mass is 79.9. The summed E-state index contributed by atoms with van der Waals surface area (Å²) in [5.74, 6) is 1.18. The van der Waals surface area contributed by atoms with E-state index in [1.807, 2.05) is 24.3 Å². The zero-order chi connectivity index (χ0) is 17.8. The zero-order valence-electron chi connectivity index (χ0n) is 14.2. The molecular weight excluding hydrogens is 401 g/mol. The maximum absolute atomic E-state index is 13.8. The van der Waals surface area contributed by atoms with Crippen molar-refractivity contribution in [2.45, 2.75) is 26.4 Å². The van der Waals surface area contributed by atoms with Gasteiger partial charge in [0.2, 0.25) is 0 Å². The molecule has 1 heterocycles. The number of halogens is 2. The number of likely N-dealkylation sites (tertiary alicyclic amines) is 1. The number of ether oxygens (including phenoxy) is 1. The lowest BCUT2D eigenvalue weighted by atomic mass is 9.99. The zero-order valence-corrected chi connectivity index (χ0v) is 16.6. The van der Waals surface area contributed by atoms with Gasteiger partial charge in [-0.15, -0.1) is 0 Å². The minimum atomic E-state index is -0.256. The van der Waals surface area contributed by atoms with E-state index in [1.54, 1.807) is 12.1 Å². The van der Waals surface area contributed by atoms with Crippen LogP contribution >= 0.6 is 28.1 Å². The van der Waals surface area contributed by atoms with E-state index in [0.717, 1.165) is 46.9 Å². The van der Waals surface area contributed by atoms with Crippen LogP contribution < -0.4 is 4.74 Å². The van der Waals surface area contributed by atoms with Gasteiger partial charge >= 0.3 is 0 Å². The molecule has 2 nitrogen and oxygen atoms in total. The number of nitrogens with zero attached hydrogens (tertiary/aromatic N) is 1. The number of thiocarbonyl (C=S) groups is 1. The summed E-state index contributed by atoms with van der Waals surface area (Å²) < 4.78 is 20.7. The Morgan fingerprint density at radius 2 is 1.96 bits per heavy atom. The number of hydrogen-bond acceptors (Lipinski definition) is 2. The molecule has 0 radical (unpaired) electrons. The largest absolute Gasteiger partial charge is 0.488 e. The highest BCUT2D eigenvalue weighted by Gasteiger charge is 2.21. The molecule has 0 bridgehead atoms. The van der Waals surface area contributed by atoms with E-state index in [0.29, 0.717) is 11.3 Å². The SMILES string of the molecule is CC1CCN(C(=S)c2cc(Br)ccc2OCc2ccccc2F)CC1. The van der Waals surface area contributed by atoms with Crippen molar-refractivity contribution >= 4 is 33.1 Å². The van der Waals surface area contributed by atoms with Gasteiger partial charge in [0.1, 0.15) is 23.2 Å². The number of rotatable bonds is 4. The van der Waals surface area contributed by atoms with E-state index in [9.17, 15) is 4.39 Å². The minimum Gasteiger partial charge on any atom is -0.488 e. The molecule has 1 saturated heterocycles.